The molecule has 4 N–H and O–H groups in total. The van der Waals surface area contributed by atoms with Crippen molar-refractivity contribution in [3.05, 3.63) is 33.2 Å². The minimum atomic E-state index is -0.610. The van der Waals surface area contributed by atoms with E-state index < -0.39 is 4.92 Å². The maximum Gasteiger partial charge on any atom is 0.329 e. The maximum atomic E-state index is 10.8. The summed E-state index contributed by atoms with van der Waals surface area (Å²) in [5.74, 6) is -0.352. The van der Waals surface area contributed by atoms with E-state index in [-0.39, 0.29) is 11.4 Å². The first-order chi connectivity index (χ1) is 7.99. The lowest BCUT2D eigenvalue weighted by Crippen LogP contribution is -2.07. The van der Waals surface area contributed by atoms with Crippen LogP contribution in [0.3, 0.4) is 0 Å². The number of phenols is 1. The zero-order valence-electron chi connectivity index (χ0n) is 8.93. The van der Waals surface area contributed by atoms with E-state index in [1.165, 1.54) is 17.4 Å². The van der Waals surface area contributed by atoms with Gasteiger partial charge in [0.05, 0.1) is 10.5 Å². The molecular formula is C10H10N3O3S+. The molecule has 1 aromatic carbocycles. The fourth-order valence-electron chi connectivity index (χ4n) is 1.55. The number of hydrogen-bond donors (Lipinski definition) is 2. The highest BCUT2D eigenvalue weighted by molar-refractivity contribution is 7.13. The molecule has 0 aliphatic rings. The topological polar surface area (TPSA) is 104 Å². The normalized spacial score (nSPS) is 10.4. The standard InChI is InChI=1S/C10H9N3O3S/c1-5-2-6(7-4-17-10(11)12-7)9(14)8(3-5)13(15)16/h2-4,14H,1H3,(H2,11,12)/p+1. The van der Waals surface area contributed by atoms with Crippen LogP contribution in [0.4, 0.5) is 10.8 Å². The molecule has 0 bridgehead atoms. The first-order valence-corrected chi connectivity index (χ1v) is 5.61. The summed E-state index contributed by atoms with van der Waals surface area (Å²) in [5, 5.41) is 22.8. The number of nitrogens with one attached hydrogen (secondary N) is 1. The fraction of sp³-hybridized carbons (Fsp3) is 0.100. The molecule has 0 spiro atoms. The number of nitro benzene ring substituents is 1. The number of nitrogens with two attached hydrogens (primary N) is 1. The van der Waals surface area contributed by atoms with Gasteiger partial charge in [0.25, 0.3) is 0 Å². The Morgan fingerprint density at radius 2 is 2.24 bits per heavy atom. The number of phenolic OH excluding ortho intramolecular Hbond substituents is 1. The second kappa shape index (κ2) is 4.02. The van der Waals surface area contributed by atoms with Crippen LogP contribution >= 0.6 is 11.3 Å². The quantitative estimate of drug-likeness (QED) is 0.627. The number of anilines is 1. The van der Waals surface area contributed by atoms with Crippen LogP contribution in [-0.4, -0.2) is 10.0 Å². The van der Waals surface area contributed by atoms with E-state index in [4.69, 9.17) is 5.73 Å². The second-order valence-electron chi connectivity index (χ2n) is 3.58. The molecule has 1 heterocycles. The van der Waals surface area contributed by atoms with Crippen LogP contribution in [0.2, 0.25) is 0 Å². The van der Waals surface area contributed by atoms with Crippen molar-refractivity contribution in [3.8, 4) is 17.0 Å². The molecule has 2 aromatic rings. The van der Waals surface area contributed by atoms with Gasteiger partial charge in [-0.15, -0.1) is 0 Å². The van der Waals surface area contributed by atoms with Gasteiger partial charge in [-0.3, -0.25) is 15.8 Å². The number of rotatable bonds is 2. The van der Waals surface area contributed by atoms with Crippen molar-refractivity contribution >= 4 is 22.2 Å². The Hall–Kier alpha value is -2.15. The number of aromatic hydroxyl groups is 1. The zero-order valence-corrected chi connectivity index (χ0v) is 9.75. The molecule has 2 rings (SSSR count). The van der Waals surface area contributed by atoms with Gasteiger partial charge in [-0.1, -0.05) is 11.3 Å². The number of aryl methyl sites for hydroxylation is 1. The van der Waals surface area contributed by atoms with E-state index in [2.05, 4.69) is 4.98 Å². The molecule has 0 fully saturated rings. The van der Waals surface area contributed by atoms with Crippen LogP contribution in [0, 0.1) is 17.0 Å². The predicted molar refractivity (Wildman–Crippen MR) is 63.8 cm³/mol. The molecule has 0 atom stereocenters. The van der Waals surface area contributed by atoms with E-state index in [9.17, 15) is 15.2 Å². The Kier molecular flexibility index (Phi) is 2.68. The van der Waals surface area contributed by atoms with Gasteiger partial charge in [0, 0.05) is 11.4 Å². The van der Waals surface area contributed by atoms with E-state index in [0.717, 1.165) is 0 Å². The van der Waals surface area contributed by atoms with Crippen LogP contribution < -0.4 is 10.7 Å². The fourth-order valence-corrected chi connectivity index (χ4v) is 2.15. The summed E-state index contributed by atoms with van der Waals surface area (Å²) in [6, 6.07) is 2.99. The van der Waals surface area contributed by atoms with E-state index in [1.807, 2.05) is 0 Å². The zero-order chi connectivity index (χ0) is 12.6. The summed E-state index contributed by atoms with van der Waals surface area (Å²) in [5.41, 5.74) is 6.88. The van der Waals surface area contributed by atoms with Gasteiger partial charge in [-0.25, -0.2) is 4.98 Å². The molecule has 0 radical (unpaired) electrons. The number of nitrogen functional groups attached to an aromatic ring is 1. The highest BCUT2D eigenvalue weighted by Crippen LogP contribution is 2.37. The summed E-state index contributed by atoms with van der Waals surface area (Å²) in [4.78, 5) is 13.0. The minimum Gasteiger partial charge on any atom is -0.502 e. The van der Waals surface area contributed by atoms with Crippen molar-refractivity contribution < 1.29 is 15.0 Å². The first-order valence-electron chi connectivity index (χ1n) is 4.73. The van der Waals surface area contributed by atoms with E-state index in [0.29, 0.717) is 22.0 Å². The summed E-state index contributed by atoms with van der Waals surface area (Å²) in [6.45, 7) is 1.73. The molecular weight excluding hydrogens is 242 g/mol. The molecule has 0 unspecified atom stereocenters. The van der Waals surface area contributed by atoms with Gasteiger partial charge in [0.15, 0.2) is 0 Å². The molecule has 17 heavy (non-hydrogen) atoms. The van der Waals surface area contributed by atoms with Crippen LogP contribution in [0.1, 0.15) is 5.56 Å². The van der Waals surface area contributed by atoms with Crippen molar-refractivity contribution in [1.82, 2.24) is 0 Å². The summed E-state index contributed by atoms with van der Waals surface area (Å²) < 4.78 is 0. The van der Waals surface area contributed by atoms with Crippen LogP contribution in [0.5, 0.6) is 5.75 Å². The van der Waals surface area contributed by atoms with Gasteiger partial charge < -0.3 is 5.11 Å². The Morgan fingerprint density at radius 1 is 1.53 bits per heavy atom. The Balaban J connectivity index is 2.66. The highest BCUT2D eigenvalue weighted by atomic mass is 32.1. The van der Waals surface area contributed by atoms with Crippen LogP contribution in [-0.2, 0) is 0 Å². The van der Waals surface area contributed by atoms with Crippen molar-refractivity contribution in [3.63, 3.8) is 0 Å². The number of benzene rings is 1. The number of nitro groups is 1. The third-order valence-corrected chi connectivity index (χ3v) is 2.99. The van der Waals surface area contributed by atoms with Crippen LogP contribution in [0.15, 0.2) is 17.5 Å². The number of H-pyrrole nitrogens is 1. The number of thiazole rings is 1. The molecule has 0 amide bonds. The number of aromatic amines is 1. The average Bonchev–Trinajstić information content (AvgIpc) is 2.67. The largest absolute Gasteiger partial charge is 0.502 e. The molecule has 0 aliphatic heterocycles. The molecule has 7 heteroatoms. The smallest absolute Gasteiger partial charge is 0.329 e. The third kappa shape index (κ3) is 2.04. The summed E-state index contributed by atoms with van der Waals surface area (Å²) in [7, 11) is 0. The van der Waals surface area contributed by atoms with Crippen molar-refractivity contribution in [1.29, 1.82) is 0 Å². The molecule has 0 saturated heterocycles. The SMILES string of the molecule is Cc1cc(-c2csc(N)[nH+]2)c(O)c([N+](=O)[O-])c1. The lowest BCUT2D eigenvalue weighted by molar-refractivity contribution is -0.386. The lowest BCUT2D eigenvalue weighted by atomic mass is 10.1. The Morgan fingerprint density at radius 3 is 2.76 bits per heavy atom. The first kappa shape index (κ1) is 11.3. The summed E-state index contributed by atoms with van der Waals surface area (Å²) in [6.07, 6.45) is 0. The molecule has 88 valence electrons. The van der Waals surface area contributed by atoms with E-state index in [1.54, 1.807) is 18.4 Å². The molecule has 6 nitrogen and oxygen atoms in total. The van der Waals surface area contributed by atoms with Gasteiger partial charge in [-0.2, -0.15) is 0 Å². The van der Waals surface area contributed by atoms with Crippen LogP contribution in [0.25, 0.3) is 11.3 Å². The van der Waals surface area contributed by atoms with Crippen molar-refractivity contribution in [2.24, 2.45) is 0 Å². The maximum absolute atomic E-state index is 10.8. The molecule has 0 saturated carbocycles. The Bertz CT molecular complexity index is 594. The van der Waals surface area contributed by atoms with Gasteiger partial charge in [-0.05, 0) is 18.6 Å². The second-order valence-corrected chi connectivity index (χ2v) is 4.49. The van der Waals surface area contributed by atoms with Gasteiger partial charge in [0.1, 0.15) is 5.69 Å². The lowest BCUT2D eigenvalue weighted by Gasteiger charge is -2.02. The van der Waals surface area contributed by atoms with Gasteiger partial charge >= 0.3 is 10.8 Å². The predicted octanol–water partition coefficient (Wildman–Crippen LogP) is 1.73. The number of aromatic nitrogens is 1. The van der Waals surface area contributed by atoms with Crippen molar-refractivity contribution in [2.75, 3.05) is 5.73 Å². The third-order valence-electron chi connectivity index (χ3n) is 2.28. The van der Waals surface area contributed by atoms with E-state index >= 15 is 0 Å². The minimum absolute atomic E-state index is 0.307. The molecule has 0 aliphatic carbocycles. The van der Waals surface area contributed by atoms with Gasteiger partial charge in [0.2, 0.25) is 5.75 Å². The Labute approximate surface area is 101 Å². The monoisotopic (exact) mass is 252 g/mol. The summed E-state index contributed by atoms with van der Waals surface area (Å²) >= 11 is 1.27. The molecule has 1 aromatic heterocycles. The number of nitrogens with zero attached hydrogens (tertiary/aromatic N) is 1. The average molecular weight is 252 g/mol. The number of hydrogen-bond acceptors (Lipinski definition) is 5. The van der Waals surface area contributed by atoms with Crippen molar-refractivity contribution in [2.45, 2.75) is 6.92 Å². The highest BCUT2D eigenvalue weighted by Gasteiger charge is 2.21.